The second-order valence-corrected chi connectivity index (χ2v) is 4.96. The standard InChI is InChI=1S/C16H22N2O/c1-13-7-6-8-14(15(13)18-12-19-2)16(11-17)9-4-3-5-10-16/h3-9,18H,10-12,17H2,1-2H3. The van der Waals surface area contributed by atoms with Crippen LogP contribution >= 0.6 is 0 Å². The van der Waals surface area contributed by atoms with Crippen LogP contribution < -0.4 is 11.1 Å². The number of nitrogens with two attached hydrogens (primary N) is 1. The molecule has 0 bridgehead atoms. The maximum absolute atomic E-state index is 6.07. The summed E-state index contributed by atoms with van der Waals surface area (Å²) in [7, 11) is 1.69. The average molecular weight is 258 g/mol. The number of methoxy groups -OCH3 is 1. The zero-order valence-electron chi connectivity index (χ0n) is 11.6. The van der Waals surface area contributed by atoms with E-state index in [2.05, 4.69) is 54.7 Å². The number of rotatable bonds is 5. The van der Waals surface area contributed by atoms with Gasteiger partial charge in [0.2, 0.25) is 0 Å². The number of hydrogen-bond donors (Lipinski definition) is 2. The number of allylic oxidation sites excluding steroid dienone is 3. The van der Waals surface area contributed by atoms with E-state index in [0.717, 1.165) is 12.1 Å². The lowest BCUT2D eigenvalue weighted by molar-refractivity contribution is 0.221. The largest absolute Gasteiger partial charge is 0.365 e. The van der Waals surface area contributed by atoms with Crippen molar-refractivity contribution in [3.63, 3.8) is 0 Å². The van der Waals surface area contributed by atoms with Crippen LogP contribution in [0.3, 0.4) is 0 Å². The van der Waals surface area contributed by atoms with E-state index in [9.17, 15) is 0 Å². The highest BCUT2D eigenvalue weighted by molar-refractivity contribution is 5.62. The number of ether oxygens (including phenoxy) is 1. The highest BCUT2D eigenvalue weighted by atomic mass is 16.5. The Morgan fingerprint density at radius 1 is 1.37 bits per heavy atom. The van der Waals surface area contributed by atoms with E-state index in [1.54, 1.807) is 7.11 Å². The van der Waals surface area contributed by atoms with Gasteiger partial charge in [0, 0.05) is 24.8 Å². The fourth-order valence-electron chi connectivity index (χ4n) is 2.59. The van der Waals surface area contributed by atoms with Crippen LogP contribution in [-0.2, 0) is 10.2 Å². The molecule has 3 N–H and O–H groups in total. The molecule has 1 aliphatic carbocycles. The molecule has 0 radical (unpaired) electrons. The summed E-state index contributed by atoms with van der Waals surface area (Å²) in [6, 6.07) is 6.35. The summed E-state index contributed by atoms with van der Waals surface area (Å²) in [6.45, 7) is 3.20. The van der Waals surface area contributed by atoms with Crippen molar-refractivity contribution in [1.82, 2.24) is 0 Å². The van der Waals surface area contributed by atoms with Gasteiger partial charge in [0.1, 0.15) is 6.73 Å². The van der Waals surface area contributed by atoms with Crippen LogP contribution in [0, 0.1) is 6.92 Å². The summed E-state index contributed by atoms with van der Waals surface area (Å²) in [5.74, 6) is 0. The third-order valence-corrected chi connectivity index (χ3v) is 3.71. The molecule has 1 atom stereocenters. The van der Waals surface area contributed by atoms with Crippen molar-refractivity contribution in [2.75, 3.05) is 25.7 Å². The number of para-hydroxylation sites is 1. The summed E-state index contributed by atoms with van der Waals surface area (Å²) in [5, 5.41) is 3.35. The Bertz CT molecular complexity index is 494. The second kappa shape index (κ2) is 6.04. The number of benzene rings is 1. The third-order valence-electron chi connectivity index (χ3n) is 3.71. The molecule has 0 heterocycles. The van der Waals surface area contributed by atoms with Gasteiger partial charge in [-0.3, -0.25) is 0 Å². The van der Waals surface area contributed by atoms with Gasteiger partial charge in [-0.05, 0) is 24.5 Å². The molecule has 102 valence electrons. The molecule has 2 rings (SSSR count). The first-order valence-corrected chi connectivity index (χ1v) is 6.61. The quantitative estimate of drug-likeness (QED) is 0.798. The summed E-state index contributed by atoms with van der Waals surface area (Å²) in [5.41, 5.74) is 9.55. The first kappa shape index (κ1) is 13.8. The smallest absolute Gasteiger partial charge is 0.116 e. The van der Waals surface area contributed by atoms with Gasteiger partial charge in [-0.25, -0.2) is 0 Å². The number of nitrogens with one attached hydrogen (secondary N) is 1. The normalized spacial score (nSPS) is 21.6. The Labute approximate surface area is 115 Å². The molecule has 0 aromatic heterocycles. The predicted octanol–water partition coefficient (Wildman–Crippen LogP) is 2.72. The lowest BCUT2D eigenvalue weighted by Gasteiger charge is -2.33. The molecule has 1 unspecified atom stereocenters. The van der Waals surface area contributed by atoms with Gasteiger partial charge in [0.05, 0.1) is 0 Å². The van der Waals surface area contributed by atoms with Crippen LogP contribution in [0.4, 0.5) is 5.69 Å². The van der Waals surface area contributed by atoms with Crippen LogP contribution in [0.1, 0.15) is 17.5 Å². The van der Waals surface area contributed by atoms with E-state index in [1.807, 2.05) is 0 Å². The first-order chi connectivity index (χ1) is 9.23. The maximum atomic E-state index is 6.07. The predicted molar refractivity (Wildman–Crippen MR) is 80.3 cm³/mol. The molecule has 3 nitrogen and oxygen atoms in total. The van der Waals surface area contributed by atoms with E-state index >= 15 is 0 Å². The van der Waals surface area contributed by atoms with Crippen LogP contribution in [0.15, 0.2) is 42.5 Å². The van der Waals surface area contributed by atoms with Crippen molar-refractivity contribution >= 4 is 5.69 Å². The number of anilines is 1. The molecule has 0 fully saturated rings. The highest BCUT2D eigenvalue weighted by Crippen LogP contribution is 2.37. The third kappa shape index (κ3) is 2.72. The fourth-order valence-corrected chi connectivity index (χ4v) is 2.59. The number of hydrogen-bond acceptors (Lipinski definition) is 3. The zero-order valence-corrected chi connectivity index (χ0v) is 11.6. The van der Waals surface area contributed by atoms with Gasteiger partial charge in [-0.1, -0.05) is 42.5 Å². The topological polar surface area (TPSA) is 47.3 Å². The minimum Gasteiger partial charge on any atom is -0.365 e. The van der Waals surface area contributed by atoms with Gasteiger partial charge < -0.3 is 15.8 Å². The van der Waals surface area contributed by atoms with Crippen molar-refractivity contribution in [2.45, 2.75) is 18.8 Å². The van der Waals surface area contributed by atoms with Crippen molar-refractivity contribution < 1.29 is 4.74 Å². The Hall–Kier alpha value is -1.58. The van der Waals surface area contributed by atoms with E-state index < -0.39 is 0 Å². The average Bonchev–Trinajstić information content (AvgIpc) is 2.46. The Morgan fingerprint density at radius 2 is 2.21 bits per heavy atom. The lowest BCUT2D eigenvalue weighted by Crippen LogP contribution is -2.34. The van der Waals surface area contributed by atoms with Crippen LogP contribution in [0.5, 0.6) is 0 Å². The molecular formula is C16H22N2O. The van der Waals surface area contributed by atoms with E-state index in [1.165, 1.54) is 11.1 Å². The minimum atomic E-state index is -0.114. The molecule has 3 heteroatoms. The zero-order chi connectivity index (χ0) is 13.7. The number of aryl methyl sites for hydroxylation is 1. The Balaban J connectivity index is 2.45. The van der Waals surface area contributed by atoms with Crippen molar-refractivity contribution in [3.05, 3.63) is 53.6 Å². The van der Waals surface area contributed by atoms with Gasteiger partial charge in [-0.15, -0.1) is 0 Å². The molecule has 0 spiro atoms. The summed E-state index contributed by atoms with van der Waals surface area (Å²) >= 11 is 0. The second-order valence-electron chi connectivity index (χ2n) is 4.96. The van der Waals surface area contributed by atoms with Crippen molar-refractivity contribution in [2.24, 2.45) is 5.73 Å². The SMILES string of the molecule is COCNc1c(C)cccc1C1(CN)C=CC=CC1. The molecule has 1 aromatic carbocycles. The lowest BCUT2D eigenvalue weighted by atomic mass is 9.74. The van der Waals surface area contributed by atoms with Crippen molar-refractivity contribution in [3.8, 4) is 0 Å². The summed E-state index contributed by atoms with van der Waals surface area (Å²) in [4.78, 5) is 0. The highest BCUT2D eigenvalue weighted by Gasteiger charge is 2.30. The summed E-state index contributed by atoms with van der Waals surface area (Å²) < 4.78 is 5.14. The summed E-state index contributed by atoms with van der Waals surface area (Å²) in [6.07, 6.45) is 9.48. The minimum absolute atomic E-state index is 0.114. The molecule has 0 saturated carbocycles. The monoisotopic (exact) mass is 258 g/mol. The fraction of sp³-hybridized carbons (Fsp3) is 0.375. The van der Waals surface area contributed by atoms with Gasteiger partial charge in [0.15, 0.2) is 0 Å². The van der Waals surface area contributed by atoms with Crippen molar-refractivity contribution in [1.29, 1.82) is 0 Å². The van der Waals surface area contributed by atoms with Crippen LogP contribution in [0.25, 0.3) is 0 Å². The van der Waals surface area contributed by atoms with Crippen LogP contribution in [-0.4, -0.2) is 20.4 Å². The Kier molecular flexibility index (Phi) is 4.40. The molecule has 0 aliphatic heterocycles. The molecule has 0 amide bonds. The van der Waals surface area contributed by atoms with E-state index in [4.69, 9.17) is 10.5 Å². The van der Waals surface area contributed by atoms with Gasteiger partial charge in [-0.2, -0.15) is 0 Å². The van der Waals surface area contributed by atoms with Gasteiger partial charge in [0.25, 0.3) is 0 Å². The molecule has 19 heavy (non-hydrogen) atoms. The molecule has 1 aromatic rings. The van der Waals surface area contributed by atoms with Crippen LogP contribution in [0.2, 0.25) is 0 Å². The Morgan fingerprint density at radius 3 is 2.84 bits per heavy atom. The van der Waals surface area contributed by atoms with Gasteiger partial charge >= 0.3 is 0 Å². The molecule has 0 saturated heterocycles. The molecule has 1 aliphatic rings. The maximum Gasteiger partial charge on any atom is 0.116 e. The van der Waals surface area contributed by atoms with E-state index in [0.29, 0.717) is 13.3 Å². The first-order valence-electron chi connectivity index (χ1n) is 6.61. The molecular weight excluding hydrogens is 236 g/mol. The van der Waals surface area contributed by atoms with E-state index in [-0.39, 0.29) is 5.41 Å².